The summed E-state index contributed by atoms with van der Waals surface area (Å²) in [6, 6.07) is 0. The molecule has 4 nitrogen and oxygen atoms in total. The lowest BCUT2D eigenvalue weighted by Gasteiger charge is -2.22. The van der Waals surface area contributed by atoms with E-state index in [0.29, 0.717) is 6.54 Å². The molecule has 0 aliphatic heterocycles. The minimum absolute atomic E-state index is 0.107. The molecule has 2 aliphatic carbocycles. The van der Waals surface area contributed by atoms with Crippen LogP contribution in [0.1, 0.15) is 41.8 Å². The first-order valence-electron chi connectivity index (χ1n) is 7.40. The molecule has 19 heavy (non-hydrogen) atoms. The molecule has 0 saturated carbocycles. The van der Waals surface area contributed by atoms with E-state index in [-0.39, 0.29) is 5.91 Å². The Morgan fingerprint density at radius 2 is 1.74 bits per heavy atom. The number of fused-ring (bicyclic) bond motifs is 2. The Hall–Kier alpha value is -1.42. The standard InChI is InChI=1S/C15H21N3O/c1-16-9-14(19)18-15-10-5-2-3-7-12(10)17-13-8-4-6-11(13)15/h16H,2-9H2,1H3,(H,17,18,19)/p+1. The van der Waals surface area contributed by atoms with E-state index >= 15 is 0 Å². The molecule has 0 unspecified atom stereocenters. The van der Waals surface area contributed by atoms with Crippen molar-refractivity contribution in [2.75, 3.05) is 18.9 Å². The number of quaternary nitrogens is 1. The van der Waals surface area contributed by atoms with E-state index in [1.165, 1.54) is 41.8 Å². The highest BCUT2D eigenvalue weighted by Crippen LogP contribution is 2.35. The normalized spacial score (nSPS) is 16.9. The summed E-state index contributed by atoms with van der Waals surface area (Å²) in [5, 5.41) is 5.07. The van der Waals surface area contributed by atoms with E-state index in [1.807, 2.05) is 12.4 Å². The highest BCUT2D eigenvalue weighted by atomic mass is 16.1. The first-order valence-corrected chi connectivity index (χ1v) is 7.40. The minimum atomic E-state index is 0.107. The molecule has 0 fully saturated rings. The molecule has 1 aromatic rings. The lowest BCUT2D eigenvalue weighted by atomic mass is 9.92. The first kappa shape index (κ1) is 12.6. The van der Waals surface area contributed by atoms with E-state index in [9.17, 15) is 4.79 Å². The molecule has 4 heteroatoms. The van der Waals surface area contributed by atoms with Crippen molar-refractivity contribution in [3.8, 4) is 0 Å². The molecule has 1 amide bonds. The second kappa shape index (κ2) is 5.29. The number of anilines is 1. The van der Waals surface area contributed by atoms with Gasteiger partial charge in [-0.2, -0.15) is 0 Å². The third kappa shape index (κ3) is 2.37. The summed E-state index contributed by atoms with van der Waals surface area (Å²) in [6.07, 6.45) is 7.91. The molecule has 3 N–H and O–H groups in total. The summed E-state index contributed by atoms with van der Waals surface area (Å²) in [5.41, 5.74) is 6.21. The Morgan fingerprint density at radius 1 is 1.11 bits per heavy atom. The van der Waals surface area contributed by atoms with Crippen LogP contribution >= 0.6 is 0 Å². The molecule has 2 aliphatic rings. The summed E-state index contributed by atoms with van der Waals surface area (Å²) in [6.45, 7) is 0.492. The van der Waals surface area contributed by atoms with Gasteiger partial charge in [-0.25, -0.2) is 0 Å². The highest BCUT2D eigenvalue weighted by molar-refractivity contribution is 5.93. The van der Waals surface area contributed by atoms with Crippen LogP contribution in [0.25, 0.3) is 0 Å². The molecule has 1 aromatic heterocycles. The van der Waals surface area contributed by atoms with Gasteiger partial charge in [-0.1, -0.05) is 0 Å². The Bertz CT molecular complexity index is 511. The summed E-state index contributed by atoms with van der Waals surface area (Å²) in [7, 11) is 1.92. The van der Waals surface area contributed by atoms with Gasteiger partial charge in [-0.05, 0) is 56.1 Å². The average molecular weight is 260 g/mol. The van der Waals surface area contributed by atoms with Crippen LogP contribution in [-0.4, -0.2) is 24.5 Å². The van der Waals surface area contributed by atoms with Crippen molar-refractivity contribution in [1.29, 1.82) is 0 Å². The fourth-order valence-electron chi connectivity index (χ4n) is 3.27. The quantitative estimate of drug-likeness (QED) is 0.835. The number of aryl methyl sites for hydroxylation is 2. The minimum Gasteiger partial charge on any atom is -0.341 e. The number of carbonyl (C=O) groups is 1. The van der Waals surface area contributed by atoms with Crippen molar-refractivity contribution < 1.29 is 10.1 Å². The molecule has 0 saturated heterocycles. The summed E-state index contributed by atoms with van der Waals surface area (Å²) < 4.78 is 0. The maximum Gasteiger partial charge on any atom is 0.279 e. The van der Waals surface area contributed by atoms with Gasteiger partial charge in [0, 0.05) is 11.4 Å². The zero-order chi connectivity index (χ0) is 13.2. The third-order valence-corrected chi connectivity index (χ3v) is 4.15. The summed E-state index contributed by atoms with van der Waals surface area (Å²) in [5.74, 6) is 0.107. The monoisotopic (exact) mass is 260 g/mol. The molecule has 3 rings (SSSR count). The van der Waals surface area contributed by atoms with Gasteiger partial charge in [0.25, 0.3) is 5.91 Å². The van der Waals surface area contributed by atoms with Crippen LogP contribution in [0.15, 0.2) is 0 Å². The molecule has 102 valence electrons. The molecule has 0 radical (unpaired) electrons. The summed E-state index contributed by atoms with van der Waals surface area (Å²) in [4.78, 5) is 16.8. The maximum atomic E-state index is 11.9. The number of hydrogen-bond acceptors (Lipinski definition) is 2. The maximum absolute atomic E-state index is 11.9. The molecular weight excluding hydrogens is 238 g/mol. The number of carbonyl (C=O) groups excluding carboxylic acids is 1. The van der Waals surface area contributed by atoms with Gasteiger partial charge in [0.2, 0.25) is 0 Å². The molecular formula is C15H22N3O+. The second-order valence-electron chi connectivity index (χ2n) is 5.56. The fraction of sp³-hybridized carbons (Fsp3) is 0.600. The largest absolute Gasteiger partial charge is 0.341 e. The predicted octanol–water partition coefficient (Wildman–Crippen LogP) is 0.581. The number of pyridine rings is 1. The highest BCUT2D eigenvalue weighted by Gasteiger charge is 2.25. The summed E-state index contributed by atoms with van der Waals surface area (Å²) >= 11 is 0. The Morgan fingerprint density at radius 3 is 2.47 bits per heavy atom. The van der Waals surface area contributed by atoms with Crippen LogP contribution in [0, 0.1) is 0 Å². The van der Waals surface area contributed by atoms with Gasteiger partial charge in [-0.15, -0.1) is 0 Å². The van der Waals surface area contributed by atoms with Crippen LogP contribution in [0.2, 0.25) is 0 Å². The smallest absolute Gasteiger partial charge is 0.279 e. The number of nitrogens with two attached hydrogens (primary N) is 1. The lowest BCUT2D eigenvalue weighted by molar-refractivity contribution is -0.615. The molecule has 0 spiro atoms. The van der Waals surface area contributed by atoms with E-state index in [4.69, 9.17) is 4.98 Å². The Kier molecular flexibility index (Phi) is 3.51. The topological polar surface area (TPSA) is 58.6 Å². The van der Waals surface area contributed by atoms with Gasteiger partial charge in [-0.3, -0.25) is 9.78 Å². The third-order valence-electron chi connectivity index (χ3n) is 4.15. The number of aromatic nitrogens is 1. The van der Waals surface area contributed by atoms with Gasteiger partial charge >= 0.3 is 0 Å². The van der Waals surface area contributed by atoms with E-state index < -0.39 is 0 Å². The van der Waals surface area contributed by atoms with Gasteiger partial charge in [0.1, 0.15) is 0 Å². The van der Waals surface area contributed by atoms with Crippen molar-refractivity contribution in [2.24, 2.45) is 0 Å². The van der Waals surface area contributed by atoms with Crippen LogP contribution in [0.3, 0.4) is 0 Å². The average Bonchev–Trinajstić information content (AvgIpc) is 2.87. The van der Waals surface area contributed by atoms with Crippen molar-refractivity contribution >= 4 is 11.6 Å². The van der Waals surface area contributed by atoms with Crippen molar-refractivity contribution in [2.45, 2.75) is 44.9 Å². The number of amides is 1. The fourth-order valence-corrected chi connectivity index (χ4v) is 3.27. The molecule has 0 bridgehead atoms. The van der Waals surface area contributed by atoms with E-state index in [0.717, 1.165) is 31.4 Å². The van der Waals surface area contributed by atoms with Crippen LogP contribution in [0.5, 0.6) is 0 Å². The predicted molar refractivity (Wildman–Crippen MR) is 74.3 cm³/mol. The SMILES string of the molecule is C[NH2+]CC(=O)Nc1c2c(nc3c1CCC3)CCCC2. The molecule has 0 atom stereocenters. The zero-order valence-corrected chi connectivity index (χ0v) is 11.6. The second-order valence-corrected chi connectivity index (χ2v) is 5.56. The molecule has 0 aromatic carbocycles. The van der Waals surface area contributed by atoms with Crippen molar-refractivity contribution in [1.82, 2.24) is 4.98 Å². The van der Waals surface area contributed by atoms with E-state index in [2.05, 4.69) is 5.32 Å². The van der Waals surface area contributed by atoms with Crippen LogP contribution < -0.4 is 10.6 Å². The van der Waals surface area contributed by atoms with Crippen molar-refractivity contribution in [3.05, 3.63) is 22.5 Å². The lowest BCUT2D eigenvalue weighted by Crippen LogP contribution is -2.82. The number of nitrogens with one attached hydrogen (secondary N) is 1. The Labute approximate surface area is 114 Å². The van der Waals surface area contributed by atoms with Gasteiger partial charge < -0.3 is 10.6 Å². The number of nitrogens with zero attached hydrogens (tertiary/aromatic N) is 1. The van der Waals surface area contributed by atoms with Gasteiger partial charge in [0.15, 0.2) is 6.54 Å². The number of rotatable bonds is 3. The first-order chi connectivity index (χ1) is 9.29. The van der Waals surface area contributed by atoms with Crippen molar-refractivity contribution in [3.63, 3.8) is 0 Å². The number of hydrogen-bond donors (Lipinski definition) is 2. The van der Waals surface area contributed by atoms with Crippen LogP contribution in [0.4, 0.5) is 5.69 Å². The zero-order valence-electron chi connectivity index (χ0n) is 11.6. The Balaban J connectivity index is 2.00. The number of likely N-dealkylation sites (N-methyl/N-ethyl adjacent to an activating group) is 1. The van der Waals surface area contributed by atoms with Crippen LogP contribution in [-0.2, 0) is 30.5 Å². The molecule has 1 heterocycles. The van der Waals surface area contributed by atoms with E-state index in [1.54, 1.807) is 0 Å². The van der Waals surface area contributed by atoms with Gasteiger partial charge in [0.05, 0.1) is 12.7 Å².